The maximum atomic E-state index is 11.8. The third-order valence-corrected chi connectivity index (χ3v) is 3.04. The third-order valence-electron chi connectivity index (χ3n) is 2.76. The molecule has 6 nitrogen and oxygen atoms in total. The van der Waals surface area contributed by atoms with E-state index in [1.807, 2.05) is 0 Å². The molecule has 114 valence electrons. The molecule has 7 heteroatoms. The lowest BCUT2D eigenvalue weighted by atomic mass is 10.2. The second kappa shape index (κ2) is 7.42. The molecule has 2 aromatic rings. The van der Waals surface area contributed by atoms with Gasteiger partial charge in [0.05, 0.1) is 31.0 Å². The Balaban J connectivity index is 2.10. The van der Waals surface area contributed by atoms with Crippen molar-refractivity contribution in [2.75, 3.05) is 14.2 Å². The normalized spacial score (nSPS) is 10.5. The van der Waals surface area contributed by atoms with Crippen LogP contribution in [0.5, 0.6) is 11.5 Å². The molecule has 1 amide bonds. The second-order valence-electron chi connectivity index (χ2n) is 4.18. The number of hydrogen-bond acceptors (Lipinski definition) is 5. The molecule has 1 aromatic heterocycles. The van der Waals surface area contributed by atoms with Gasteiger partial charge in [-0.15, -0.1) is 0 Å². The summed E-state index contributed by atoms with van der Waals surface area (Å²) in [7, 11) is 3.02. The van der Waals surface area contributed by atoms with Crippen LogP contribution in [-0.4, -0.2) is 31.3 Å². The molecular weight excluding hydrogens is 306 g/mol. The van der Waals surface area contributed by atoms with Crippen LogP contribution in [-0.2, 0) is 0 Å². The summed E-state index contributed by atoms with van der Waals surface area (Å²) in [5.74, 6) is 0.576. The summed E-state index contributed by atoms with van der Waals surface area (Å²) in [6.07, 6.45) is 4.51. The summed E-state index contributed by atoms with van der Waals surface area (Å²) >= 11 is 6.09. The van der Waals surface area contributed by atoms with Crippen molar-refractivity contribution in [1.82, 2.24) is 10.4 Å². The average molecular weight is 320 g/mol. The molecule has 0 saturated heterocycles. The van der Waals surface area contributed by atoms with E-state index in [0.29, 0.717) is 27.6 Å². The van der Waals surface area contributed by atoms with Crippen molar-refractivity contribution >= 4 is 23.7 Å². The topological polar surface area (TPSA) is 72.8 Å². The Hall–Kier alpha value is -2.60. The Kier molecular flexibility index (Phi) is 5.32. The van der Waals surface area contributed by atoms with E-state index >= 15 is 0 Å². The van der Waals surface area contributed by atoms with Gasteiger partial charge in [0.25, 0.3) is 5.91 Å². The van der Waals surface area contributed by atoms with E-state index in [4.69, 9.17) is 21.1 Å². The molecule has 0 saturated carbocycles. The molecule has 1 heterocycles. The number of benzene rings is 1. The quantitative estimate of drug-likeness (QED) is 0.679. The fourth-order valence-electron chi connectivity index (χ4n) is 1.74. The van der Waals surface area contributed by atoms with Gasteiger partial charge in [0, 0.05) is 12.4 Å². The minimum Gasteiger partial charge on any atom is -0.493 e. The number of nitrogens with zero attached hydrogens (tertiary/aromatic N) is 2. The van der Waals surface area contributed by atoms with Crippen molar-refractivity contribution in [3.8, 4) is 11.5 Å². The van der Waals surface area contributed by atoms with Crippen LogP contribution in [0.15, 0.2) is 41.8 Å². The Morgan fingerprint density at radius 2 is 2.18 bits per heavy atom. The lowest BCUT2D eigenvalue weighted by molar-refractivity contribution is 0.0955. The number of rotatable bonds is 5. The predicted octanol–water partition coefficient (Wildman–Crippen LogP) is 2.52. The SMILES string of the molecule is COc1cc(/C=N\NC(=O)c2cccnc2)cc(Cl)c1OC. The van der Waals surface area contributed by atoms with Gasteiger partial charge in [-0.2, -0.15) is 5.10 Å². The van der Waals surface area contributed by atoms with E-state index in [1.54, 1.807) is 30.5 Å². The molecule has 1 aromatic carbocycles. The van der Waals surface area contributed by atoms with E-state index in [2.05, 4.69) is 15.5 Å². The fraction of sp³-hybridized carbons (Fsp3) is 0.133. The molecule has 0 radical (unpaired) electrons. The molecule has 1 N–H and O–H groups in total. The van der Waals surface area contributed by atoms with E-state index in [1.165, 1.54) is 26.6 Å². The van der Waals surface area contributed by atoms with Crippen molar-refractivity contribution in [2.45, 2.75) is 0 Å². The first-order valence-corrected chi connectivity index (χ1v) is 6.68. The smallest absolute Gasteiger partial charge is 0.272 e. The summed E-state index contributed by atoms with van der Waals surface area (Å²) in [5.41, 5.74) is 3.49. The molecule has 0 spiro atoms. The van der Waals surface area contributed by atoms with Crippen LogP contribution < -0.4 is 14.9 Å². The number of methoxy groups -OCH3 is 2. The number of hydrogen-bond donors (Lipinski definition) is 1. The van der Waals surface area contributed by atoms with Gasteiger partial charge in [-0.05, 0) is 29.8 Å². The Morgan fingerprint density at radius 1 is 1.36 bits per heavy atom. The van der Waals surface area contributed by atoms with Gasteiger partial charge in [0.15, 0.2) is 11.5 Å². The second-order valence-corrected chi connectivity index (χ2v) is 4.59. The number of aromatic nitrogens is 1. The summed E-state index contributed by atoms with van der Waals surface area (Å²) < 4.78 is 10.3. The van der Waals surface area contributed by atoms with E-state index in [9.17, 15) is 4.79 Å². The lowest BCUT2D eigenvalue weighted by Crippen LogP contribution is -2.17. The number of nitrogens with one attached hydrogen (secondary N) is 1. The lowest BCUT2D eigenvalue weighted by Gasteiger charge is -2.09. The molecule has 2 rings (SSSR count). The van der Waals surface area contributed by atoms with Gasteiger partial charge in [-0.25, -0.2) is 5.43 Å². The van der Waals surface area contributed by atoms with Crippen molar-refractivity contribution in [3.63, 3.8) is 0 Å². The first-order chi connectivity index (χ1) is 10.7. The Bertz CT molecular complexity index is 690. The van der Waals surface area contributed by atoms with Crippen LogP contribution >= 0.6 is 11.6 Å². The summed E-state index contributed by atoms with van der Waals surface area (Å²) in [5, 5.41) is 4.27. The molecular formula is C15H14ClN3O3. The van der Waals surface area contributed by atoms with Gasteiger partial charge in [-0.3, -0.25) is 9.78 Å². The molecule has 0 aliphatic heterocycles. The third kappa shape index (κ3) is 3.73. The zero-order valence-corrected chi connectivity index (χ0v) is 12.8. The largest absolute Gasteiger partial charge is 0.493 e. The van der Waals surface area contributed by atoms with Crippen molar-refractivity contribution in [1.29, 1.82) is 0 Å². The zero-order valence-electron chi connectivity index (χ0n) is 12.0. The highest BCUT2D eigenvalue weighted by atomic mass is 35.5. The minimum atomic E-state index is -0.351. The van der Waals surface area contributed by atoms with Crippen molar-refractivity contribution in [2.24, 2.45) is 5.10 Å². The van der Waals surface area contributed by atoms with Crippen LogP contribution in [0.3, 0.4) is 0 Å². The molecule has 22 heavy (non-hydrogen) atoms. The number of amides is 1. The van der Waals surface area contributed by atoms with Crippen LogP contribution in [0.4, 0.5) is 0 Å². The Labute approximate surface area is 132 Å². The van der Waals surface area contributed by atoms with Gasteiger partial charge < -0.3 is 9.47 Å². The molecule has 0 aliphatic carbocycles. The van der Waals surface area contributed by atoms with Crippen LogP contribution in [0.25, 0.3) is 0 Å². The van der Waals surface area contributed by atoms with Crippen LogP contribution in [0.1, 0.15) is 15.9 Å². The average Bonchev–Trinajstić information content (AvgIpc) is 2.55. The maximum Gasteiger partial charge on any atom is 0.272 e. The van der Waals surface area contributed by atoms with Gasteiger partial charge >= 0.3 is 0 Å². The van der Waals surface area contributed by atoms with E-state index in [0.717, 1.165) is 0 Å². The zero-order chi connectivity index (χ0) is 15.9. The monoisotopic (exact) mass is 319 g/mol. The van der Waals surface area contributed by atoms with E-state index < -0.39 is 0 Å². The standard InChI is InChI=1S/C15H14ClN3O3/c1-21-13-7-10(6-12(16)14(13)22-2)8-18-19-15(20)11-4-3-5-17-9-11/h3-9H,1-2H3,(H,19,20)/b18-8-. The van der Waals surface area contributed by atoms with E-state index in [-0.39, 0.29) is 5.91 Å². The molecule has 0 aliphatic rings. The number of carbonyl (C=O) groups is 1. The number of halogens is 1. The minimum absolute atomic E-state index is 0.351. The summed E-state index contributed by atoms with van der Waals surface area (Å²) in [4.78, 5) is 15.7. The number of pyridine rings is 1. The van der Waals surface area contributed by atoms with Crippen LogP contribution in [0.2, 0.25) is 5.02 Å². The number of carbonyl (C=O) groups excluding carboxylic acids is 1. The number of hydrazone groups is 1. The fourth-order valence-corrected chi connectivity index (χ4v) is 2.04. The van der Waals surface area contributed by atoms with Gasteiger partial charge in [0.2, 0.25) is 0 Å². The molecule has 0 bridgehead atoms. The highest BCUT2D eigenvalue weighted by Crippen LogP contribution is 2.35. The maximum absolute atomic E-state index is 11.8. The van der Waals surface area contributed by atoms with Crippen molar-refractivity contribution in [3.05, 3.63) is 52.8 Å². The van der Waals surface area contributed by atoms with Gasteiger partial charge in [-0.1, -0.05) is 11.6 Å². The molecule has 0 fully saturated rings. The molecule has 0 unspecified atom stereocenters. The van der Waals surface area contributed by atoms with Crippen molar-refractivity contribution < 1.29 is 14.3 Å². The summed E-state index contributed by atoms with van der Waals surface area (Å²) in [6.45, 7) is 0. The first-order valence-electron chi connectivity index (χ1n) is 6.30. The number of ether oxygens (including phenoxy) is 2. The predicted molar refractivity (Wildman–Crippen MR) is 83.9 cm³/mol. The summed E-state index contributed by atoms with van der Waals surface area (Å²) in [6, 6.07) is 6.67. The Morgan fingerprint density at radius 3 is 2.82 bits per heavy atom. The van der Waals surface area contributed by atoms with Crippen LogP contribution in [0, 0.1) is 0 Å². The highest BCUT2D eigenvalue weighted by molar-refractivity contribution is 6.32. The van der Waals surface area contributed by atoms with Gasteiger partial charge in [0.1, 0.15) is 0 Å². The first kappa shape index (κ1) is 15.8. The highest BCUT2D eigenvalue weighted by Gasteiger charge is 2.10. The molecule has 0 atom stereocenters.